The summed E-state index contributed by atoms with van der Waals surface area (Å²) in [6.07, 6.45) is 19.6. The molecule has 0 amide bonds. The van der Waals surface area contributed by atoms with Crippen LogP contribution >= 0.6 is 0 Å². The Morgan fingerprint density at radius 2 is 1.17 bits per heavy atom. The van der Waals surface area contributed by atoms with Crippen molar-refractivity contribution in [2.75, 3.05) is 13.2 Å². The molecule has 0 aromatic rings. The van der Waals surface area contributed by atoms with Crippen molar-refractivity contribution in [3.63, 3.8) is 0 Å². The van der Waals surface area contributed by atoms with E-state index < -0.39 is 0 Å². The maximum absolute atomic E-state index is 5.84. The van der Waals surface area contributed by atoms with Gasteiger partial charge in [-0.15, -0.1) is 0 Å². The van der Waals surface area contributed by atoms with Gasteiger partial charge in [-0.3, -0.25) is 0 Å². The molecule has 0 aliphatic heterocycles. The van der Waals surface area contributed by atoms with E-state index in [9.17, 15) is 0 Å². The second-order valence-electron chi connectivity index (χ2n) is 8.22. The largest absolute Gasteiger partial charge is 0.381 e. The summed E-state index contributed by atoms with van der Waals surface area (Å²) in [4.78, 5) is 0. The average Bonchev–Trinajstić information content (AvgIpc) is 3.48. The van der Waals surface area contributed by atoms with Crippen LogP contribution in [0, 0.1) is 11.8 Å². The molecule has 0 heterocycles. The van der Waals surface area contributed by atoms with Crippen molar-refractivity contribution < 1.29 is 4.74 Å². The molecule has 0 bridgehead atoms. The Hall–Kier alpha value is -0.560. The molecule has 1 nitrogen and oxygen atoms in total. The lowest BCUT2D eigenvalue weighted by Crippen LogP contribution is -1.97. The molecule has 0 spiro atoms. The smallest absolute Gasteiger partial charge is 0.0466 e. The molecule has 0 N–H and O–H groups in total. The molecule has 2 atom stereocenters. The van der Waals surface area contributed by atoms with Crippen molar-refractivity contribution in [1.82, 2.24) is 0 Å². The van der Waals surface area contributed by atoms with Crippen LogP contribution in [0.3, 0.4) is 0 Å². The second kappa shape index (κ2) is 7.55. The Morgan fingerprint density at radius 1 is 0.652 bits per heavy atom. The molecule has 128 valence electrons. The van der Waals surface area contributed by atoms with E-state index >= 15 is 0 Å². The molecular formula is C22H34O. The minimum atomic E-state index is 0.978. The van der Waals surface area contributed by atoms with Crippen molar-refractivity contribution in [3.05, 3.63) is 22.3 Å². The zero-order valence-corrected chi connectivity index (χ0v) is 14.9. The molecule has 23 heavy (non-hydrogen) atoms. The maximum Gasteiger partial charge on any atom is 0.0466 e. The van der Waals surface area contributed by atoms with E-state index in [1.807, 2.05) is 22.3 Å². The van der Waals surface area contributed by atoms with Crippen LogP contribution < -0.4 is 0 Å². The highest BCUT2D eigenvalue weighted by Crippen LogP contribution is 2.52. The topological polar surface area (TPSA) is 9.23 Å². The summed E-state index contributed by atoms with van der Waals surface area (Å²) < 4.78 is 5.84. The van der Waals surface area contributed by atoms with Gasteiger partial charge < -0.3 is 4.74 Å². The van der Waals surface area contributed by atoms with Gasteiger partial charge >= 0.3 is 0 Å². The van der Waals surface area contributed by atoms with Crippen molar-refractivity contribution in [3.8, 4) is 0 Å². The first kappa shape index (κ1) is 15.9. The van der Waals surface area contributed by atoms with E-state index in [-0.39, 0.29) is 0 Å². The first-order valence-corrected chi connectivity index (χ1v) is 10.5. The number of hydrogen-bond acceptors (Lipinski definition) is 1. The predicted octanol–water partition coefficient (Wildman–Crippen LogP) is 6.34. The third kappa shape index (κ3) is 3.92. The van der Waals surface area contributed by atoms with E-state index in [1.54, 1.807) is 0 Å². The Balaban J connectivity index is 0.966. The zero-order chi connectivity index (χ0) is 15.5. The van der Waals surface area contributed by atoms with Crippen LogP contribution in [-0.4, -0.2) is 13.2 Å². The lowest BCUT2D eigenvalue weighted by atomic mass is 9.99. The number of unbranched alkanes of at least 4 members (excludes halogenated alkanes) is 2. The maximum atomic E-state index is 5.84. The normalized spacial score (nSPS) is 28.7. The minimum absolute atomic E-state index is 0.978. The highest BCUT2D eigenvalue weighted by molar-refractivity contribution is 5.42. The van der Waals surface area contributed by atoms with Crippen LogP contribution in [0.5, 0.6) is 0 Å². The summed E-state index contributed by atoms with van der Waals surface area (Å²) >= 11 is 0. The van der Waals surface area contributed by atoms with Crippen molar-refractivity contribution in [2.45, 2.75) is 89.9 Å². The van der Waals surface area contributed by atoms with Gasteiger partial charge in [0.2, 0.25) is 0 Å². The average molecular weight is 315 g/mol. The van der Waals surface area contributed by atoms with Gasteiger partial charge in [-0.2, -0.15) is 0 Å². The van der Waals surface area contributed by atoms with E-state index in [1.165, 1.54) is 89.9 Å². The highest BCUT2D eigenvalue weighted by atomic mass is 16.5. The molecular weight excluding hydrogens is 280 g/mol. The Morgan fingerprint density at radius 3 is 1.61 bits per heavy atom. The lowest BCUT2D eigenvalue weighted by Gasteiger charge is -2.07. The van der Waals surface area contributed by atoms with E-state index in [0.717, 1.165) is 25.0 Å². The van der Waals surface area contributed by atoms with Gasteiger partial charge in [0.15, 0.2) is 0 Å². The second-order valence-corrected chi connectivity index (χ2v) is 8.22. The molecule has 2 unspecified atom stereocenters. The van der Waals surface area contributed by atoms with Gasteiger partial charge in [0.1, 0.15) is 0 Å². The number of fused-ring (bicyclic) bond motifs is 2. The monoisotopic (exact) mass is 314 g/mol. The molecule has 4 rings (SSSR count). The van der Waals surface area contributed by atoms with Crippen LogP contribution in [0.1, 0.15) is 89.9 Å². The minimum Gasteiger partial charge on any atom is -0.381 e. The molecule has 0 aromatic carbocycles. The fourth-order valence-corrected chi connectivity index (χ4v) is 5.26. The molecule has 2 fully saturated rings. The van der Waals surface area contributed by atoms with Gasteiger partial charge in [0.05, 0.1) is 0 Å². The van der Waals surface area contributed by atoms with Crippen LogP contribution in [0.25, 0.3) is 0 Å². The van der Waals surface area contributed by atoms with Crippen LogP contribution in [0.4, 0.5) is 0 Å². The van der Waals surface area contributed by atoms with Crippen molar-refractivity contribution in [1.29, 1.82) is 0 Å². The van der Waals surface area contributed by atoms with Crippen molar-refractivity contribution in [2.24, 2.45) is 11.8 Å². The Kier molecular flexibility index (Phi) is 5.23. The SMILES string of the molecule is C(CCC1=C2CCCCC12)COCCCCC1=C2CCCCC12. The van der Waals surface area contributed by atoms with E-state index in [0.29, 0.717) is 0 Å². The Labute approximate surface area is 142 Å². The standard InChI is InChI=1S/C22H34O/c1-2-10-18-17(9-1)21(18)13-5-7-15-23-16-8-6-14-22-19-11-3-4-12-20(19)22/h17,19H,1-16H2. The summed E-state index contributed by atoms with van der Waals surface area (Å²) in [6, 6.07) is 0. The van der Waals surface area contributed by atoms with Gasteiger partial charge in [-0.05, 0) is 77.0 Å². The van der Waals surface area contributed by atoms with Gasteiger partial charge in [-0.25, -0.2) is 0 Å². The molecule has 0 aromatic heterocycles. The van der Waals surface area contributed by atoms with E-state index in [2.05, 4.69) is 0 Å². The third-order valence-corrected chi connectivity index (χ3v) is 6.69. The van der Waals surface area contributed by atoms with Crippen LogP contribution in [0.2, 0.25) is 0 Å². The number of hydrogen-bond donors (Lipinski definition) is 0. The molecule has 4 aliphatic carbocycles. The van der Waals surface area contributed by atoms with Gasteiger partial charge in [0, 0.05) is 25.0 Å². The first-order chi connectivity index (χ1) is 11.4. The third-order valence-electron chi connectivity index (χ3n) is 6.69. The molecule has 4 aliphatic rings. The molecule has 0 radical (unpaired) electrons. The summed E-state index contributed by atoms with van der Waals surface area (Å²) in [6.45, 7) is 1.98. The summed E-state index contributed by atoms with van der Waals surface area (Å²) in [7, 11) is 0. The van der Waals surface area contributed by atoms with Gasteiger partial charge in [-0.1, -0.05) is 35.1 Å². The molecule has 1 heteroatoms. The number of ether oxygens (including phenoxy) is 1. The summed E-state index contributed by atoms with van der Waals surface area (Å²) in [5, 5.41) is 0. The fourth-order valence-electron chi connectivity index (χ4n) is 5.26. The van der Waals surface area contributed by atoms with Gasteiger partial charge in [0.25, 0.3) is 0 Å². The highest BCUT2D eigenvalue weighted by Gasteiger charge is 2.37. The quantitative estimate of drug-likeness (QED) is 0.337. The first-order valence-electron chi connectivity index (χ1n) is 10.5. The Bertz CT molecular complexity index is 440. The molecule has 0 saturated heterocycles. The summed E-state index contributed by atoms with van der Waals surface area (Å²) in [5.74, 6) is 1.96. The number of allylic oxidation sites excluding steroid dienone is 4. The zero-order valence-electron chi connectivity index (χ0n) is 14.9. The van der Waals surface area contributed by atoms with Crippen molar-refractivity contribution >= 4 is 0 Å². The summed E-state index contributed by atoms with van der Waals surface area (Å²) in [5.41, 5.74) is 7.41. The molecule has 2 saturated carbocycles. The van der Waals surface area contributed by atoms with E-state index in [4.69, 9.17) is 4.74 Å². The lowest BCUT2D eigenvalue weighted by molar-refractivity contribution is 0.127. The predicted molar refractivity (Wildman–Crippen MR) is 96.5 cm³/mol. The van der Waals surface area contributed by atoms with Crippen LogP contribution in [0.15, 0.2) is 22.3 Å². The fraction of sp³-hybridized carbons (Fsp3) is 0.818. The van der Waals surface area contributed by atoms with Crippen LogP contribution in [-0.2, 0) is 4.74 Å². The number of rotatable bonds is 10.